The Balaban J connectivity index is 1.35. The summed E-state index contributed by atoms with van der Waals surface area (Å²) in [5.74, 6) is 2.38. The van der Waals surface area contributed by atoms with Gasteiger partial charge in [0, 0.05) is 31.4 Å². The van der Waals surface area contributed by atoms with Crippen molar-refractivity contribution in [3.8, 4) is 11.4 Å². The van der Waals surface area contributed by atoms with E-state index in [2.05, 4.69) is 48.2 Å². The third-order valence-corrected chi connectivity index (χ3v) is 6.30. The molecule has 0 spiro atoms. The van der Waals surface area contributed by atoms with Gasteiger partial charge in [0.1, 0.15) is 17.5 Å². The molecule has 34 heavy (non-hydrogen) atoms. The van der Waals surface area contributed by atoms with Crippen molar-refractivity contribution in [2.45, 2.75) is 58.4 Å². The summed E-state index contributed by atoms with van der Waals surface area (Å²) >= 11 is 3.45. The van der Waals surface area contributed by atoms with Gasteiger partial charge >= 0.3 is 0 Å². The average Bonchev–Trinajstić information content (AvgIpc) is 3.56. The largest absolute Gasteiger partial charge is 0.339 e. The molecule has 3 aromatic heterocycles. The predicted octanol–water partition coefficient (Wildman–Crippen LogP) is 4.43. The van der Waals surface area contributed by atoms with Crippen molar-refractivity contribution in [3.63, 3.8) is 0 Å². The Morgan fingerprint density at radius 1 is 1.12 bits per heavy atom. The van der Waals surface area contributed by atoms with Crippen LogP contribution in [-0.2, 0) is 25.8 Å². The summed E-state index contributed by atoms with van der Waals surface area (Å²) in [5.41, 5.74) is 1.23. The zero-order valence-electron chi connectivity index (χ0n) is 18.7. The molecule has 5 rings (SSSR count). The lowest BCUT2D eigenvalue weighted by atomic mass is 10.2. The summed E-state index contributed by atoms with van der Waals surface area (Å²) in [4.78, 5) is 22.2. The minimum atomic E-state index is -0.318. The molecule has 0 radical (unpaired) electrons. The van der Waals surface area contributed by atoms with Crippen LogP contribution in [0.2, 0.25) is 0 Å². The standard InChI is InChI=1S/C23H23BrFN7O2/c1-2-3-4-12-31-21-16(13-17(24)26-21)22(33)32-18(28-29-23(31)32)6-5-7-19-27-20(30-34-19)14-8-10-15(25)11-9-14/h8-11H,2-7,12-13H2,1H3. The van der Waals surface area contributed by atoms with Crippen LogP contribution < -0.4 is 5.56 Å². The van der Waals surface area contributed by atoms with Crippen LogP contribution >= 0.6 is 15.9 Å². The summed E-state index contributed by atoms with van der Waals surface area (Å²) in [6, 6.07) is 5.94. The van der Waals surface area contributed by atoms with Gasteiger partial charge in [-0.05, 0) is 53.0 Å². The SMILES string of the molecule is CCCCCn1c2c(c(=O)n3c(CCCc4nc(-c5ccc(F)cc5)no4)nnc13)CC(Br)=N2. The molecular formula is C23H23BrFN7O2. The summed E-state index contributed by atoms with van der Waals surface area (Å²) in [6.45, 7) is 2.89. The Morgan fingerprint density at radius 3 is 2.74 bits per heavy atom. The van der Waals surface area contributed by atoms with Crippen LogP contribution in [0.5, 0.6) is 0 Å². The Hall–Kier alpha value is -3.21. The predicted molar refractivity (Wildman–Crippen MR) is 128 cm³/mol. The lowest BCUT2D eigenvalue weighted by Crippen LogP contribution is -2.23. The molecule has 0 aliphatic carbocycles. The van der Waals surface area contributed by atoms with E-state index in [9.17, 15) is 9.18 Å². The Bertz CT molecular complexity index is 1420. The lowest BCUT2D eigenvalue weighted by Gasteiger charge is -2.12. The minimum absolute atomic E-state index is 0.119. The zero-order chi connectivity index (χ0) is 23.7. The van der Waals surface area contributed by atoms with E-state index >= 15 is 0 Å². The van der Waals surface area contributed by atoms with E-state index in [4.69, 9.17) is 4.52 Å². The smallest absolute Gasteiger partial charge is 0.266 e. The molecule has 0 saturated heterocycles. The third-order valence-electron chi connectivity index (χ3n) is 5.84. The molecule has 0 atom stereocenters. The molecule has 4 aromatic rings. The molecule has 1 aromatic carbocycles. The van der Waals surface area contributed by atoms with E-state index in [0.29, 0.717) is 65.9 Å². The van der Waals surface area contributed by atoms with Gasteiger partial charge in [0.15, 0.2) is 0 Å². The number of aromatic nitrogens is 6. The highest BCUT2D eigenvalue weighted by Crippen LogP contribution is 2.28. The van der Waals surface area contributed by atoms with Crippen LogP contribution in [0.1, 0.15) is 49.9 Å². The maximum atomic E-state index is 13.3. The number of hydrogen-bond acceptors (Lipinski definition) is 7. The van der Waals surface area contributed by atoms with Gasteiger partial charge in [-0.25, -0.2) is 13.8 Å². The van der Waals surface area contributed by atoms with E-state index in [0.717, 1.165) is 30.4 Å². The third kappa shape index (κ3) is 4.31. The van der Waals surface area contributed by atoms with Gasteiger partial charge in [-0.3, -0.25) is 9.36 Å². The second-order valence-corrected chi connectivity index (χ2v) is 9.17. The first-order valence-corrected chi connectivity index (χ1v) is 12.2. The molecule has 0 N–H and O–H groups in total. The summed E-state index contributed by atoms with van der Waals surface area (Å²) < 4.78 is 22.8. The molecule has 176 valence electrons. The fourth-order valence-corrected chi connectivity index (χ4v) is 4.57. The van der Waals surface area contributed by atoms with Crippen LogP contribution in [-0.4, -0.2) is 33.9 Å². The Morgan fingerprint density at radius 2 is 1.94 bits per heavy atom. The van der Waals surface area contributed by atoms with Crippen LogP contribution in [0.25, 0.3) is 17.2 Å². The molecule has 0 unspecified atom stereocenters. The van der Waals surface area contributed by atoms with Gasteiger partial charge in [0.25, 0.3) is 5.56 Å². The summed E-state index contributed by atoms with van der Waals surface area (Å²) in [7, 11) is 0. The van der Waals surface area contributed by atoms with Gasteiger partial charge in [0.05, 0.1) is 10.2 Å². The highest BCUT2D eigenvalue weighted by Gasteiger charge is 2.25. The van der Waals surface area contributed by atoms with Crippen molar-refractivity contribution in [1.82, 2.24) is 29.3 Å². The number of aliphatic imine (C=N–C) groups is 1. The van der Waals surface area contributed by atoms with Crippen molar-refractivity contribution >= 4 is 32.1 Å². The number of fused-ring (bicyclic) bond motifs is 2. The summed E-state index contributed by atoms with van der Waals surface area (Å²) in [5, 5.41) is 12.7. The van der Waals surface area contributed by atoms with Crippen LogP contribution in [0.3, 0.4) is 0 Å². The Kier molecular flexibility index (Phi) is 6.36. The molecule has 1 aliphatic heterocycles. The van der Waals surface area contributed by atoms with Gasteiger partial charge in [-0.2, -0.15) is 4.98 Å². The first-order valence-electron chi connectivity index (χ1n) is 11.4. The van der Waals surface area contributed by atoms with E-state index in [1.165, 1.54) is 12.1 Å². The first kappa shape index (κ1) is 22.6. The van der Waals surface area contributed by atoms with Crippen LogP contribution in [0.4, 0.5) is 10.2 Å². The highest BCUT2D eigenvalue weighted by atomic mass is 79.9. The number of nitrogens with zero attached hydrogens (tertiary/aromatic N) is 7. The monoisotopic (exact) mass is 527 g/mol. The van der Waals surface area contributed by atoms with Gasteiger partial charge in [-0.15, -0.1) is 10.2 Å². The lowest BCUT2D eigenvalue weighted by molar-refractivity contribution is 0.375. The van der Waals surface area contributed by atoms with Crippen molar-refractivity contribution in [2.75, 3.05) is 0 Å². The topological polar surface area (TPSA) is 103 Å². The van der Waals surface area contributed by atoms with Crippen molar-refractivity contribution in [2.24, 2.45) is 4.99 Å². The fourth-order valence-electron chi connectivity index (χ4n) is 4.12. The van der Waals surface area contributed by atoms with Crippen molar-refractivity contribution < 1.29 is 8.91 Å². The van der Waals surface area contributed by atoms with Crippen molar-refractivity contribution in [3.05, 3.63) is 57.7 Å². The van der Waals surface area contributed by atoms with Crippen molar-refractivity contribution in [1.29, 1.82) is 0 Å². The normalized spacial score (nSPS) is 13.0. The van der Waals surface area contributed by atoms with E-state index < -0.39 is 0 Å². The van der Waals surface area contributed by atoms with E-state index in [1.54, 1.807) is 16.5 Å². The number of aryl methyl sites for hydroxylation is 3. The Labute approximate surface area is 202 Å². The average molecular weight is 528 g/mol. The number of benzene rings is 1. The number of hydrogen-bond donors (Lipinski definition) is 0. The zero-order valence-corrected chi connectivity index (χ0v) is 20.3. The summed E-state index contributed by atoms with van der Waals surface area (Å²) in [6.07, 6.45) is 5.34. The maximum absolute atomic E-state index is 13.3. The first-order chi connectivity index (χ1) is 16.5. The maximum Gasteiger partial charge on any atom is 0.266 e. The molecule has 11 heteroatoms. The van der Waals surface area contributed by atoms with E-state index in [1.807, 2.05) is 4.57 Å². The van der Waals surface area contributed by atoms with E-state index in [-0.39, 0.29) is 11.4 Å². The molecular weight excluding hydrogens is 505 g/mol. The highest BCUT2D eigenvalue weighted by molar-refractivity contribution is 9.18. The second kappa shape index (κ2) is 9.57. The van der Waals surface area contributed by atoms with Gasteiger partial charge < -0.3 is 4.52 Å². The molecule has 1 aliphatic rings. The number of rotatable bonds is 9. The molecule has 9 nitrogen and oxygen atoms in total. The minimum Gasteiger partial charge on any atom is -0.339 e. The number of unbranched alkanes of at least 4 members (excludes halogenated alkanes) is 2. The molecule has 4 heterocycles. The molecule has 0 fully saturated rings. The number of halogens is 2. The van der Waals surface area contributed by atoms with Gasteiger partial charge in [0.2, 0.25) is 17.5 Å². The fraction of sp³-hybridized carbons (Fsp3) is 0.391. The second-order valence-electron chi connectivity index (χ2n) is 8.25. The van der Waals surface area contributed by atoms with Crippen LogP contribution in [0.15, 0.2) is 38.6 Å². The van der Waals surface area contributed by atoms with Crippen LogP contribution in [0, 0.1) is 5.82 Å². The molecule has 0 bridgehead atoms. The molecule has 0 saturated carbocycles. The quantitative estimate of drug-likeness (QED) is 0.298. The molecule has 0 amide bonds. The van der Waals surface area contributed by atoms with Gasteiger partial charge in [-0.1, -0.05) is 24.9 Å².